The molecule has 0 saturated carbocycles. The van der Waals surface area contributed by atoms with Crippen LogP contribution in [0.15, 0.2) is 66.7 Å². The molecule has 5 nitrogen and oxygen atoms in total. The van der Waals surface area contributed by atoms with Crippen LogP contribution in [0.4, 0.5) is 0 Å². The van der Waals surface area contributed by atoms with Gasteiger partial charge in [0.15, 0.2) is 0 Å². The van der Waals surface area contributed by atoms with Crippen molar-refractivity contribution in [2.24, 2.45) is 0 Å². The van der Waals surface area contributed by atoms with Crippen molar-refractivity contribution >= 4 is 0 Å². The summed E-state index contributed by atoms with van der Waals surface area (Å²) in [6.45, 7) is 4.55. The summed E-state index contributed by atoms with van der Waals surface area (Å²) in [5, 5.41) is 19.9. The smallest absolute Gasteiger partial charge is 0.123 e. The van der Waals surface area contributed by atoms with Crippen LogP contribution in [0.25, 0.3) is 0 Å². The topological polar surface area (TPSA) is 62.2 Å². The number of ether oxygens (including phenoxy) is 2. The molecule has 2 heterocycles. The maximum absolute atomic E-state index is 10.2. The second kappa shape index (κ2) is 9.13. The van der Waals surface area contributed by atoms with E-state index in [0.29, 0.717) is 13.2 Å². The fourth-order valence-corrected chi connectivity index (χ4v) is 4.90. The van der Waals surface area contributed by atoms with Crippen LogP contribution in [0, 0.1) is 0 Å². The summed E-state index contributed by atoms with van der Waals surface area (Å²) < 4.78 is 12.0. The van der Waals surface area contributed by atoms with Crippen LogP contribution in [0.1, 0.15) is 41.4 Å². The van der Waals surface area contributed by atoms with Gasteiger partial charge in [-0.1, -0.05) is 24.3 Å². The molecule has 2 atom stereocenters. The van der Waals surface area contributed by atoms with Crippen molar-refractivity contribution in [3.63, 3.8) is 0 Å². The van der Waals surface area contributed by atoms with Gasteiger partial charge in [-0.25, -0.2) is 0 Å². The van der Waals surface area contributed by atoms with Gasteiger partial charge in [0.05, 0.1) is 6.61 Å². The normalized spacial score (nSPS) is 20.5. The molecule has 0 amide bonds. The van der Waals surface area contributed by atoms with Gasteiger partial charge in [0, 0.05) is 23.9 Å². The Kier molecular flexibility index (Phi) is 5.91. The first-order chi connectivity index (χ1) is 15.7. The van der Waals surface area contributed by atoms with Crippen LogP contribution >= 0.6 is 0 Å². The fourth-order valence-electron chi connectivity index (χ4n) is 4.90. The van der Waals surface area contributed by atoms with Gasteiger partial charge in [0.2, 0.25) is 0 Å². The van der Waals surface area contributed by atoms with Gasteiger partial charge in [0.1, 0.15) is 29.6 Å². The number of hydrogen-bond donors (Lipinski definition) is 2. The summed E-state index contributed by atoms with van der Waals surface area (Å²) in [6.07, 6.45) is 2.58. The third-order valence-electron chi connectivity index (χ3n) is 6.58. The highest BCUT2D eigenvalue weighted by Crippen LogP contribution is 2.47. The summed E-state index contributed by atoms with van der Waals surface area (Å²) in [7, 11) is 0. The second-order valence-electron chi connectivity index (χ2n) is 8.68. The molecular weight excluding hydrogens is 402 g/mol. The molecule has 0 aliphatic carbocycles. The van der Waals surface area contributed by atoms with Crippen molar-refractivity contribution in [1.82, 2.24) is 4.90 Å². The lowest BCUT2D eigenvalue weighted by atomic mass is 9.76. The minimum Gasteiger partial charge on any atom is -0.508 e. The third-order valence-corrected chi connectivity index (χ3v) is 6.58. The van der Waals surface area contributed by atoms with E-state index in [2.05, 4.69) is 17.0 Å². The van der Waals surface area contributed by atoms with E-state index in [4.69, 9.17) is 9.47 Å². The zero-order chi connectivity index (χ0) is 21.9. The Hall–Kier alpha value is -3.18. The molecule has 2 N–H and O–H groups in total. The SMILES string of the molecule is Oc1ccc([C@H]2COc3ccc(O)cc3C2c2ccc(OCCN3CCCC3)cc2)cc1. The maximum Gasteiger partial charge on any atom is 0.123 e. The predicted molar refractivity (Wildman–Crippen MR) is 124 cm³/mol. The van der Waals surface area contributed by atoms with Crippen LogP contribution in [-0.2, 0) is 0 Å². The second-order valence-corrected chi connectivity index (χ2v) is 8.68. The number of nitrogens with zero attached hydrogens (tertiary/aromatic N) is 1. The van der Waals surface area contributed by atoms with Gasteiger partial charge in [-0.05, 0) is 79.5 Å². The van der Waals surface area contributed by atoms with Crippen molar-refractivity contribution in [1.29, 1.82) is 0 Å². The van der Waals surface area contributed by atoms with Gasteiger partial charge < -0.3 is 19.7 Å². The van der Waals surface area contributed by atoms with Crippen molar-refractivity contribution in [2.45, 2.75) is 24.7 Å². The molecule has 1 unspecified atom stereocenters. The van der Waals surface area contributed by atoms with E-state index in [1.165, 1.54) is 25.9 Å². The van der Waals surface area contributed by atoms with E-state index in [1.54, 1.807) is 24.3 Å². The zero-order valence-corrected chi connectivity index (χ0v) is 18.1. The van der Waals surface area contributed by atoms with E-state index in [1.807, 2.05) is 30.3 Å². The highest BCUT2D eigenvalue weighted by Gasteiger charge is 2.33. The van der Waals surface area contributed by atoms with Crippen molar-refractivity contribution in [2.75, 3.05) is 32.8 Å². The summed E-state index contributed by atoms with van der Waals surface area (Å²) in [6, 6.07) is 20.9. The molecule has 5 heteroatoms. The molecule has 0 aromatic heterocycles. The minimum absolute atomic E-state index is 0.0223. The summed E-state index contributed by atoms with van der Waals surface area (Å²) in [5.74, 6) is 2.23. The minimum atomic E-state index is 0.0223. The van der Waals surface area contributed by atoms with Crippen LogP contribution in [0.2, 0.25) is 0 Å². The van der Waals surface area contributed by atoms with Crippen molar-refractivity contribution in [3.05, 3.63) is 83.4 Å². The van der Waals surface area contributed by atoms with Gasteiger partial charge in [-0.3, -0.25) is 4.90 Å². The van der Waals surface area contributed by atoms with Crippen LogP contribution in [0.3, 0.4) is 0 Å². The Balaban J connectivity index is 1.40. The lowest BCUT2D eigenvalue weighted by Crippen LogP contribution is -2.25. The molecule has 3 aromatic carbocycles. The molecule has 0 spiro atoms. The molecule has 3 aromatic rings. The van der Waals surface area contributed by atoms with Crippen LogP contribution < -0.4 is 9.47 Å². The largest absolute Gasteiger partial charge is 0.508 e. The molecule has 2 aliphatic rings. The molecule has 0 bridgehead atoms. The number of phenolic OH excluding ortho intramolecular Hbond substituents is 2. The summed E-state index contributed by atoms with van der Waals surface area (Å²) in [4.78, 5) is 2.45. The quantitative estimate of drug-likeness (QED) is 0.582. The molecule has 2 aliphatic heterocycles. The van der Waals surface area contributed by atoms with Gasteiger partial charge in [-0.2, -0.15) is 0 Å². The fraction of sp³-hybridized carbons (Fsp3) is 0.333. The third kappa shape index (κ3) is 4.39. The first-order valence-corrected chi connectivity index (χ1v) is 11.4. The Morgan fingerprint density at radius 1 is 0.844 bits per heavy atom. The Morgan fingerprint density at radius 3 is 2.28 bits per heavy atom. The molecule has 5 rings (SSSR count). The Labute approximate surface area is 188 Å². The number of phenols is 2. The predicted octanol–water partition coefficient (Wildman–Crippen LogP) is 4.88. The average molecular weight is 432 g/mol. The molecule has 1 saturated heterocycles. The first kappa shape index (κ1) is 20.7. The number of hydrogen-bond acceptors (Lipinski definition) is 5. The van der Waals surface area contributed by atoms with Crippen LogP contribution in [0.5, 0.6) is 23.0 Å². The van der Waals surface area contributed by atoms with Gasteiger partial charge in [0.25, 0.3) is 0 Å². The maximum atomic E-state index is 10.2. The number of aromatic hydroxyl groups is 2. The Bertz CT molecular complexity index is 1040. The van der Waals surface area contributed by atoms with E-state index in [0.717, 1.165) is 34.7 Å². The number of benzene rings is 3. The standard InChI is InChI=1S/C27H29NO4/c29-21-7-3-19(4-8-21)25-18-32-26-12-9-22(30)17-24(26)27(25)20-5-10-23(11-6-20)31-16-15-28-13-1-2-14-28/h3-12,17,25,27,29-30H,1-2,13-16,18H2/t25-,27?/m1/s1. The van der Waals surface area contributed by atoms with E-state index in [9.17, 15) is 10.2 Å². The molecular formula is C27H29NO4. The van der Waals surface area contributed by atoms with E-state index in [-0.39, 0.29) is 23.3 Å². The molecule has 32 heavy (non-hydrogen) atoms. The van der Waals surface area contributed by atoms with Gasteiger partial charge in [-0.15, -0.1) is 0 Å². The molecule has 0 radical (unpaired) electrons. The number of rotatable bonds is 6. The zero-order valence-electron chi connectivity index (χ0n) is 18.1. The highest BCUT2D eigenvalue weighted by atomic mass is 16.5. The van der Waals surface area contributed by atoms with Crippen LogP contribution in [-0.4, -0.2) is 48.0 Å². The lowest BCUT2D eigenvalue weighted by Gasteiger charge is -2.34. The number of likely N-dealkylation sites (tertiary alicyclic amines) is 1. The Morgan fingerprint density at radius 2 is 1.53 bits per heavy atom. The van der Waals surface area contributed by atoms with Gasteiger partial charge >= 0.3 is 0 Å². The highest BCUT2D eigenvalue weighted by molar-refractivity contribution is 5.51. The lowest BCUT2D eigenvalue weighted by molar-refractivity contribution is 0.237. The summed E-state index contributed by atoms with van der Waals surface area (Å²) in [5.41, 5.74) is 3.20. The van der Waals surface area contributed by atoms with E-state index >= 15 is 0 Å². The van der Waals surface area contributed by atoms with Crippen molar-refractivity contribution < 1.29 is 19.7 Å². The monoisotopic (exact) mass is 431 g/mol. The van der Waals surface area contributed by atoms with Crippen molar-refractivity contribution in [3.8, 4) is 23.0 Å². The number of fused-ring (bicyclic) bond motifs is 1. The van der Waals surface area contributed by atoms with E-state index < -0.39 is 0 Å². The summed E-state index contributed by atoms with van der Waals surface area (Å²) >= 11 is 0. The molecule has 166 valence electrons. The average Bonchev–Trinajstić information content (AvgIpc) is 3.33. The first-order valence-electron chi connectivity index (χ1n) is 11.4. The molecule has 1 fully saturated rings.